The van der Waals surface area contributed by atoms with Crippen LogP contribution in [-0.2, 0) is 13.8 Å². The molecule has 0 saturated carbocycles. The first-order valence-electron chi connectivity index (χ1n) is 7.04. The number of nitrogens with zero attached hydrogens (tertiary/aromatic N) is 1. The summed E-state index contributed by atoms with van der Waals surface area (Å²) in [6.45, 7) is -0.452. The van der Waals surface area contributed by atoms with Crippen LogP contribution in [0.2, 0.25) is 0 Å². The molecule has 11 heteroatoms. The molecular formula is C13H15N2O8P. The Labute approximate surface area is 135 Å². The number of fused-ring (bicyclic) bond motifs is 1. The number of aromatic amines is 1. The lowest BCUT2D eigenvalue weighted by atomic mass is 10.1. The van der Waals surface area contributed by atoms with Crippen molar-refractivity contribution >= 4 is 24.4 Å². The third-order valence-electron chi connectivity index (χ3n) is 3.84. The van der Waals surface area contributed by atoms with Crippen LogP contribution in [0.4, 0.5) is 5.69 Å². The minimum Gasteiger partial charge on any atom is -0.394 e. The van der Waals surface area contributed by atoms with Gasteiger partial charge in [-0.1, -0.05) is 0 Å². The molecule has 24 heavy (non-hydrogen) atoms. The second kappa shape index (κ2) is 6.25. The summed E-state index contributed by atoms with van der Waals surface area (Å²) < 4.78 is 21.2. The first kappa shape index (κ1) is 17.0. The average Bonchev–Trinajstić information content (AvgIpc) is 3.07. The highest BCUT2D eigenvalue weighted by atomic mass is 31.2. The number of hydrogen-bond acceptors (Lipinski definition) is 6. The first-order valence-corrected chi connectivity index (χ1v) is 8.57. The predicted octanol–water partition coefficient (Wildman–Crippen LogP) is 1.38. The van der Waals surface area contributed by atoms with Crippen molar-refractivity contribution in [3.8, 4) is 0 Å². The molecule has 1 unspecified atom stereocenters. The molecule has 1 aliphatic rings. The summed E-state index contributed by atoms with van der Waals surface area (Å²) in [6.07, 6.45) is -2.28. The number of phosphoric ester groups is 1. The third kappa shape index (κ3) is 3.48. The van der Waals surface area contributed by atoms with Crippen molar-refractivity contribution in [3.63, 3.8) is 0 Å². The lowest BCUT2D eigenvalue weighted by Gasteiger charge is -2.16. The van der Waals surface area contributed by atoms with Crippen LogP contribution in [0.15, 0.2) is 24.3 Å². The Bertz CT molecular complexity index is 815. The Balaban J connectivity index is 1.85. The summed E-state index contributed by atoms with van der Waals surface area (Å²) in [4.78, 5) is 31.2. The maximum Gasteiger partial charge on any atom is 0.469 e. The molecule has 1 aromatic carbocycles. The lowest BCUT2D eigenvalue weighted by Crippen LogP contribution is -2.26. The SMILES string of the molecule is O=[N+]([O-])c1ccc2[nH]c(C3C[C@H](OP(=O)(O)O)[C@@H](CO)O3)cc2c1. The molecule has 3 atom stereocenters. The number of nitro groups is 1. The van der Waals surface area contributed by atoms with Gasteiger partial charge in [-0.05, 0) is 12.1 Å². The van der Waals surface area contributed by atoms with E-state index in [0.717, 1.165) is 0 Å². The van der Waals surface area contributed by atoms with Crippen molar-refractivity contribution in [2.24, 2.45) is 0 Å². The van der Waals surface area contributed by atoms with Gasteiger partial charge in [0.2, 0.25) is 0 Å². The number of aliphatic hydroxyl groups is 1. The quantitative estimate of drug-likeness (QED) is 0.355. The number of rotatable bonds is 5. The van der Waals surface area contributed by atoms with Gasteiger partial charge in [-0.25, -0.2) is 4.57 Å². The molecule has 0 spiro atoms. The largest absolute Gasteiger partial charge is 0.469 e. The number of H-pyrrole nitrogens is 1. The lowest BCUT2D eigenvalue weighted by molar-refractivity contribution is -0.384. The summed E-state index contributed by atoms with van der Waals surface area (Å²) >= 11 is 0. The fourth-order valence-electron chi connectivity index (χ4n) is 2.79. The van der Waals surface area contributed by atoms with Gasteiger partial charge in [0.05, 0.1) is 11.5 Å². The van der Waals surface area contributed by atoms with Gasteiger partial charge >= 0.3 is 7.82 Å². The molecule has 130 valence electrons. The van der Waals surface area contributed by atoms with E-state index >= 15 is 0 Å². The van der Waals surface area contributed by atoms with Gasteiger partial charge in [-0.3, -0.25) is 14.6 Å². The Morgan fingerprint density at radius 3 is 2.79 bits per heavy atom. The van der Waals surface area contributed by atoms with E-state index in [1.54, 1.807) is 12.1 Å². The van der Waals surface area contributed by atoms with Crippen molar-refractivity contribution in [1.29, 1.82) is 0 Å². The summed E-state index contributed by atoms with van der Waals surface area (Å²) in [6, 6.07) is 6.02. The van der Waals surface area contributed by atoms with E-state index in [2.05, 4.69) is 9.51 Å². The molecule has 0 amide bonds. The third-order valence-corrected chi connectivity index (χ3v) is 4.38. The molecule has 3 rings (SSSR count). The number of nitro benzene ring substituents is 1. The van der Waals surface area contributed by atoms with Crippen molar-refractivity contribution in [2.45, 2.75) is 24.7 Å². The number of non-ortho nitro benzene ring substituents is 1. The molecular weight excluding hydrogens is 343 g/mol. The number of benzene rings is 1. The molecule has 10 nitrogen and oxygen atoms in total. The maximum atomic E-state index is 11.0. The molecule has 0 aliphatic carbocycles. The monoisotopic (exact) mass is 358 g/mol. The van der Waals surface area contributed by atoms with E-state index in [9.17, 15) is 19.8 Å². The van der Waals surface area contributed by atoms with E-state index in [0.29, 0.717) is 16.6 Å². The Hall–Kier alpha value is -1.81. The normalized spacial score (nSPS) is 24.5. The molecule has 2 aromatic rings. The van der Waals surface area contributed by atoms with Crippen molar-refractivity contribution < 1.29 is 33.6 Å². The number of phosphoric acid groups is 1. The fraction of sp³-hybridized carbons (Fsp3) is 0.385. The summed E-state index contributed by atoms with van der Waals surface area (Å²) in [7, 11) is -4.71. The summed E-state index contributed by atoms with van der Waals surface area (Å²) in [5.74, 6) is 0. The highest BCUT2D eigenvalue weighted by Gasteiger charge is 2.40. The van der Waals surface area contributed by atoms with Crippen LogP contribution in [0.25, 0.3) is 10.9 Å². The van der Waals surface area contributed by atoms with Gasteiger partial charge in [0, 0.05) is 35.2 Å². The van der Waals surface area contributed by atoms with Gasteiger partial charge in [0.25, 0.3) is 5.69 Å². The van der Waals surface area contributed by atoms with Crippen molar-refractivity contribution in [2.75, 3.05) is 6.61 Å². The smallest absolute Gasteiger partial charge is 0.394 e. The topological polar surface area (TPSA) is 155 Å². The van der Waals surface area contributed by atoms with E-state index in [-0.39, 0.29) is 12.1 Å². The van der Waals surface area contributed by atoms with E-state index < -0.39 is 37.7 Å². The number of hydrogen-bond donors (Lipinski definition) is 4. The van der Waals surface area contributed by atoms with Gasteiger partial charge in [0.1, 0.15) is 18.3 Å². The Morgan fingerprint density at radius 1 is 1.42 bits per heavy atom. The molecule has 0 radical (unpaired) electrons. The van der Waals surface area contributed by atoms with Crippen LogP contribution < -0.4 is 0 Å². The zero-order chi connectivity index (χ0) is 17.5. The number of ether oxygens (including phenoxy) is 1. The standard InChI is InChI=1S/C13H15N2O8P/c16-6-13-12(23-24(19,20)21)5-11(22-13)10-4-7-3-8(15(17)18)1-2-9(7)14-10/h1-4,11-14,16H,5-6H2,(H2,19,20,21)/t11?,12-,13+/m0/s1. The molecule has 2 heterocycles. The molecule has 4 N–H and O–H groups in total. The molecule has 1 fully saturated rings. The van der Waals surface area contributed by atoms with E-state index in [4.69, 9.17) is 14.5 Å². The van der Waals surface area contributed by atoms with E-state index in [1.807, 2.05) is 0 Å². The van der Waals surface area contributed by atoms with E-state index in [1.165, 1.54) is 12.1 Å². The van der Waals surface area contributed by atoms with Crippen LogP contribution >= 0.6 is 7.82 Å². The second-order valence-corrected chi connectivity index (χ2v) is 6.66. The minimum absolute atomic E-state index is 0.0451. The molecule has 0 bridgehead atoms. The predicted molar refractivity (Wildman–Crippen MR) is 81.2 cm³/mol. The van der Waals surface area contributed by atoms with Crippen LogP contribution in [0.3, 0.4) is 0 Å². The zero-order valence-electron chi connectivity index (χ0n) is 12.2. The zero-order valence-corrected chi connectivity index (χ0v) is 13.1. The van der Waals surface area contributed by atoms with Gasteiger partial charge in [0.15, 0.2) is 0 Å². The highest BCUT2D eigenvalue weighted by molar-refractivity contribution is 7.46. The fourth-order valence-corrected chi connectivity index (χ4v) is 3.37. The Morgan fingerprint density at radius 2 is 2.17 bits per heavy atom. The minimum atomic E-state index is -4.71. The summed E-state index contributed by atoms with van der Waals surface area (Å²) in [5, 5.41) is 20.7. The highest BCUT2D eigenvalue weighted by Crippen LogP contribution is 2.44. The number of nitrogens with one attached hydrogen (secondary N) is 1. The number of aliphatic hydroxyl groups excluding tert-OH is 1. The summed E-state index contributed by atoms with van der Waals surface area (Å²) in [5.41, 5.74) is 1.20. The maximum absolute atomic E-state index is 11.0. The van der Waals surface area contributed by atoms with Crippen LogP contribution in [-0.4, -0.2) is 43.6 Å². The van der Waals surface area contributed by atoms with Crippen molar-refractivity contribution in [1.82, 2.24) is 4.98 Å². The van der Waals surface area contributed by atoms with Crippen LogP contribution in [0, 0.1) is 10.1 Å². The molecule has 1 aromatic heterocycles. The van der Waals surface area contributed by atoms with Crippen LogP contribution in [0.1, 0.15) is 18.2 Å². The average molecular weight is 358 g/mol. The van der Waals surface area contributed by atoms with Gasteiger partial charge in [-0.2, -0.15) is 0 Å². The van der Waals surface area contributed by atoms with Crippen LogP contribution in [0.5, 0.6) is 0 Å². The number of aromatic nitrogens is 1. The first-order chi connectivity index (χ1) is 11.3. The second-order valence-electron chi connectivity index (χ2n) is 5.47. The Kier molecular flexibility index (Phi) is 4.43. The molecule has 1 saturated heterocycles. The van der Waals surface area contributed by atoms with Crippen molar-refractivity contribution in [3.05, 3.63) is 40.1 Å². The molecule has 1 aliphatic heterocycles. The van der Waals surface area contributed by atoms with Gasteiger partial charge in [-0.15, -0.1) is 0 Å². The van der Waals surface area contributed by atoms with Gasteiger partial charge < -0.3 is 24.6 Å².